The van der Waals surface area contributed by atoms with E-state index in [2.05, 4.69) is 12.2 Å². The van der Waals surface area contributed by atoms with Gasteiger partial charge in [0.15, 0.2) is 0 Å². The average molecular weight is 128 g/mol. The van der Waals surface area contributed by atoms with Crippen molar-refractivity contribution in [3.8, 4) is 0 Å². The van der Waals surface area contributed by atoms with Crippen LogP contribution in [0.15, 0.2) is 12.3 Å². The highest BCUT2D eigenvalue weighted by atomic mass is 14.8. The van der Waals surface area contributed by atoms with E-state index in [0.29, 0.717) is 6.54 Å². The normalized spacial score (nSPS) is 10.4. The molecule has 0 spiro atoms. The molecule has 0 aromatic rings. The largest absolute Gasteiger partial charge is 0.391 e. The SMILES string of the molecule is CCCCN/C=C/CN. The van der Waals surface area contributed by atoms with Gasteiger partial charge in [-0.3, -0.25) is 0 Å². The molecule has 0 amide bonds. The van der Waals surface area contributed by atoms with E-state index < -0.39 is 0 Å². The summed E-state index contributed by atoms with van der Waals surface area (Å²) in [6, 6.07) is 0. The third-order valence-electron chi connectivity index (χ3n) is 1.05. The minimum Gasteiger partial charge on any atom is -0.391 e. The van der Waals surface area contributed by atoms with Crippen LogP contribution in [0.2, 0.25) is 0 Å². The molecule has 0 bridgehead atoms. The number of nitrogens with one attached hydrogen (secondary N) is 1. The highest BCUT2D eigenvalue weighted by Crippen LogP contribution is 1.81. The topological polar surface area (TPSA) is 38.0 Å². The van der Waals surface area contributed by atoms with E-state index in [1.54, 1.807) is 0 Å². The van der Waals surface area contributed by atoms with Gasteiger partial charge < -0.3 is 11.1 Å². The second-order valence-corrected chi connectivity index (χ2v) is 1.95. The lowest BCUT2D eigenvalue weighted by molar-refractivity contribution is 0.734. The van der Waals surface area contributed by atoms with Crippen molar-refractivity contribution in [3.05, 3.63) is 12.3 Å². The number of rotatable bonds is 5. The summed E-state index contributed by atoms with van der Waals surface area (Å²) in [7, 11) is 0. The summed E-state index contributed by atoms with van der Waals surface area (Å²) in [6.45, 7) is 3.86. The lowest BCUT2D eigenvalue weighted by Gasteiger charge is -1.95. The predicted octanol–water partition coefficient (Wildman–Crippen LogP) is 0.849. The zero-order chi connectivity index (χ0) is 6.95. The monoisotopic (exact) mass is 128 g/mol. The van der Waals surface area contributed by atoms with Gasteiger partial charge in [0.25, 0.3) is 0 Å². The lowest BCUT2D eigenvalue weighted by Crippen LogP contribution is -2.07. The van der Waals surface area contributed by atoms with Crippen molar-refractivity contribution >= 4 is 0 Å². The van der Waals surface area contributed by atoms with Crippen LogP contribution in [0.5, 0.6) is 0 Å². The summed E-state index contributed by atoms with van der Waals surface area (Å²) in [5, 5.41) is 3.13. The van der Waals surface area contributed by atoms with Gasteiger partial charge in [0, 0.05) is 13.1 Å². The van der Waals surface area contributed by atoms with Crippen molar-refractivity contribution < 1.29 is 0 Å². The smallest absolute Gasteiger partial charge is 0.0141 e. The standard InChI is InChI=1S/C7H16N2/c1-2-3-6-9-7-4-5-8/h4,7,9H,2-3,5-6,8H2,1H3/b7-4+. The maximum Gasteiger partial charge on any atom is 0.0141 e. The van der Waals surface area contributed by atoms with Crippen molar-refractivity contribution in [1.29, 1.82) is 0 Å². The van der Waals surface area contributed by atoms with Gasteiger partial charge in [-0.05, 0) is 12.6 Å². The number of unbranched alkanes of at least 4 members (excludes halogenated alkanes) is 1. The Balaban J connectivity index is 2.82. The Hall–Kier alpha value is -0.500. The number of nitrogens with two attached hydrogens (primary N) is 1. The molecule has 0 aromatic heterocycles. The molecule has 54 valence electrons. The first-order chi connectivity index (χ1) is 4.41. The van der Waals surface area contributed by atoms with Crippen LogP contribution in [0, 0.1) is 0 Å². The Labute approximate surface area is 57.1 Å². The van der Waals surface area contributed by atoms with Crippen LogP contribution in [-0.2, 0) is 0 Å². The van der Waals surface area contributed by atoms with Gasteiger partial charge in [-0.15, -0.1) is 0 Å². The molecule has 2 heteroatoms. The quantitative estimate of drug-likeness (QED) is 0.539. The molecule has 0 atom stereocenters. The maximum absolute atomic E-state index is 5.22. The van der Waals surface area contributed by atoms with Crippen LogP contribution in [0.1, 0.15) is 19.8 Å². The van der Waals surface area contributed by atoms with Gasteiger partial charge in [-0.25, -0.2) is 0 Å². The van der Waals surface area contributed by atoms with E-state index in [4.69, 9.17) is 5.73 Å². The van der Waals surface area contributed by atoms with Crippen molar-refractivity contribution in [2.75, 3.05) is 13.1 Å². The fourth-order valence-corrected chi connectivity index (χ4v) is 0.514. The van der Waals surface area contributed by atoms with Crippen LogP contribution in [0.3, 0.4) is 0 Å². The van der Waals surface area contributed by atoms with E-state index in [1.807, 2.05) is 12.3 Å². The maximum atomic E-state index is 5.22. The number of hydrogen-bond donors (Lipinski definition) is 2. The fraction of sp³-hybridized carbons (Fsp3) is 0.714. The molecule has 0 aromatic carbocycles. The minimum atomic E-state index is 0.624. The summed E-state index contributed by atoms with van der Waals surface area (Å²) in [6.07, 6.45) is 6.30. The van der Waals surface area contributed by atoms with Crippen LogP contribution in [0.4, 0.5) is 0 Å². The van der Waals surface area contributed by atoms with Crippen molar-refractivity contribution in [1.82, 2.24) is 5.32 Å². The van der Waals surface area contributed by atoms with Gasteiger partial charge in [0.1, 0.15) is 0 Å². The average Bonchev–Trinajstić information content (AvgIpc) is 1.89. The molecule has 0 aliphatic heterocycles. The molecule has 0 radical (unpaired) electrons. The first-order valence-electron chi connectivity index (χ1n) is 3.50. The van der Waals surface area contributed by atoms with Gasteiger partial charge in [-0.1, -0.05) is 19.4 Å². The van der Waals surface area contributed by atoms with E-state index in [9.17, 15) is 0 Å². The molecule has 0 saturated carbocycles. The molecule has 3 N–H and O–H groups in total. The van der Waals surface area contributed by atoms with E-state index in [1.165, 1.54) is 12.8 Å². The predicted molar refractivity (Wildman–Crippen MR) is 41.1 cm³/mol. The zero-order valence-corrected chi connectivity index (χ0v) is 6.06. The highest BCUT2D eigenvalue weighted by molar-refractivity contribution is 4.79. The molecule has 9 heavy (non-hydrogen) atoms. The Morgan fingerprint density at radius 1 is 1.56 bits per heavy atom. The highest BCUT2D eigenvalue weighted by Gasteiger charge is 1.76. The van der Waals surface area contributed by atoms with Crippen LogP contribution < -0.4 is 11.1 Å². The summed E-state index contributed by atoms with van der Waals surface area (Å²) < 4.78 is 0. The third kappa shape index (κ3) is 7.50. The molecule has 0 heterocycles. The fourth-order valence-electron chi connectivity index (χ4n) is 0.514. The Morgan fingerprint density at radius 3 is 2.89 bits per heavy atom. The third-order valence-corrected chi connectivity index (χ3v) is 1.05. The molecule has 0 aliphatic carbocycles. The lowest BCUT2D eigenvalue weighted by atomic mass is 10.3. The minimum absolute atomic E-state index is 0.624. The Kier molecular flexibility index (Phi) is 7.08. The van der Waals surface area contributed by atoms with Crippen molar-refractivity contribution in [3.63, 3.8) is 0 Å². The van der Waals surface area contributed by atoms with Gasteiger partial charge in [0.2, 0.25) is 0 Å². The van der Waals surface area contributed by atoms with Crippen LogP contribution in [-0.4, -0.2) is 13.1 Å². The van der Waals surface area contributed by atoms with Crippen LogP contribution in [0.25, 0.3) is 0 Å². The van der Waals surface area contributed by atoms with Crippen LogP contribution >= 0.6 is 0 Å². The summed E-state index contributed by atoms with van der Waals surface area (Å²) in [5.74, 6) is 0. The molecular weight excluding hydrogens is 112 g/mol. The molecule has 0 rings (SSSR count). The summed E-state index contributed by atoms with van der Waals surface area (Å²) in [5.41, 5.74) is 5.22. The molecule has 0 fully saturated rings. The van der Waals surface area contributed by atoms with E-state index in [-0.39, 0.29) is 0 Å². The second kappa shape index (κ2) is 7.50. The van der Waals surface area contributed by atoms with Crippen molar-refractivity contribution in [2.24, 2.45) is 5.73 Å². The first kappa shape index (κ1) is 8.50. The van der Waals surface area contributed by atoms with Gasteiger partial charge in [-0.2, -0.15) is 0 Å². The molecular formula is C7H16N2. The molecule has 0 saturated heterocycles. The molecule has 2 nitrogen and oxygen atoms in total. The summed E-state index contributed by atoms with van der Waals surface area (Å²) >= 11 is 0. The number of hydrogen-bond acceptors (Lipinski definition) is 2. The Bertz CT molecular complexity index is 69.3. The summed E-state index contributed by atoms with van der Waals surface area (Å²) in [4.78, 5) is 0. The molecule has 0 aliphatic rings. The second-order valence-electron chi connectivity index (χ2n) is 1.95. The first-order valence-corrected chi connectivity index (χ1v) is 3.50. The van der Waals surface area contributed by atoms with Gasteiger partial charge in [0.05, 0.1) is 0 Å². The zero-order valence-electron chi connectivity index (χ0n) is 6.06. The Morgan fingerprint density at radius 2 is 2.33 bits per heavy atom. The van der Waals surface area contributed by atoms with Crippen molar-refractivity contribution in [2.45, 2.75) is 19.8 Å². The van der Waals surface area contributed by atoms with Gasteiger partial charge >= 0.3 is 0 Å². The van der Waals surface area contributed by atoms with E-state index in [0.717, 1.165) is 6.54 Å². The van der Waals surface area contributed by atoms with E-state index >= 15 is 0 Å². The molecule has 0 unspecified atom stereocenters.